The number of sulfone groups is 1. The Balaban J connectivity index is 2.16. The summed E-state index contributed by atoms with van der Waals surface area (Å²) in [5.74, 6) is -0.646. The lowest BCUT2D eigenvalue weighted by atomic mass is 10.2. The van der Waals surface area contributed by atoms with Crippen LogP contribution in [0.2, 0.25) is 10.0 Å². The molecule has 7 nitrogen and oxygen atoms in total. The number of hydrogen-bond acceptors (Lipinski definition) is 6. The first kappa shape index (κ1) is 16.7. The van der Waals surface area contributed by atoms with Gasteiger partial charge < -0.3 is 9.73 Å². The maximum atomic E-state index is 12.2. The second-order valence-electron chi connectivity index (χ2n) is 4.38. The van der Waals surface area contributed by atoms with Gasteiger partial charge in [0.15, 0.2) is 0 Å². The Bertz CT molecular complexity index is 804. The third-order valence-electron chi connectivity index (χ3n) is 2.54. The van der Waals surface area contributed by atoms with E-state index in [1.54, 1.807) is 6.07 Å². The summed E-state index contributed by atoms with van der Waals surface area (Å²) in [6.07, 6.45) is 0. The van der Waals surface area contributed by atoms with Gasteiger partial charge in [-0.25, -0.2) is 8.42 Å². The summed E-state index contributed by atoms with van der Waals surface area (Å²) >= 11 is 11.6. The number of aromatic nitrogens is 2. The number of nitrogens with one attached hydrogen (secondary N) is 1. The molecule has 0 aliphatic heterocycles. The monoisotopic (exact) mass is 363 g/mol. The van der Waals surface area contributed by atoms with Crippen molar-refractivity contribution in [1.29, 1.82) is 0 Å². The van der Waals surface area contributed by atoms with Gasteiger partial charge >= 0.3 is 5.22 Å². The highest BCUT2D eigenvalue weighted by atomic mass is 35.5. The molecule has 0 radical (unpaired) electrons. The van der Waals surface area contributed by atoms with Crippen molar-refractivity contribution in [1.82, 2.24) is 15.5 Å². The molecular formula is C12H11Cl2N3O4S. The molecule has 0 bridgehead atoms. The minimum atomic E-state index is -3.82. The van der Waals surface area contributed by atoms with Crippen molar-refractivity contribution in [3.63, 3.8) is 0 Å². The summed E-state index contributed by atoms with van der Waals surface area (Å²) in [7, 11) is -3.82. The molecule has 118 valence electrons. The van der Waals surface area contributed by atoms with E-state index in [-0.39, 0.29) is 29.1 Å². The van der Waals surface area contributed by atoms with E-state index in [1.807, 2.05) is 0 Å². The molecule has 0 fully saturated rings. The van der Waals surface area contributed by atoms with E-state index in [9.17, 15) is 13.2 Å². The molecule has 0 unspecified atom stereocenters. The fourth-order valence-corrected chi connectivity index (χ4v) is 3.00. The largest absolute Gasteiger partial charge is 0.411 e. The lowest BCUT2D eigenvalue weighted by Gasteiger charge is -2.02. The van der Waals surface area contributed by atoms with Crippen molar-refractivity contribution >= 4 is 38.9 Å². The fourth-order valence-electron chi connectivity index (χ4n) is 1.55. The van der Waals surface area contributed by atoms with E-state index in [1.165, 1.54) is 19.1 Å². The maximum absolute atomic E-state index is 12.2. The topological polar surface area (TPSA) is 102 Å². The van der Waals surface area contributed by atoms with Gasteiger partial charge in [-0.3, -0.25) is 4.79 Å². The molecule has 0 aliphatic rings. The minimum Gasteiger partial charge on any atom is -0.411 e. The van der Waals surface area contributed by atoms with Gasteiger partial charge in [0.05, 0.1) is 22.3 Å². The molecule has 1 aromatic heterocycles. The molecule has 2 aromatic rings. The Morgan fingerprint density at radius 1 is 1.27 bits per heavy atom. The van der Waals surface area contributed by atoms with E-state index in [4.69, 9.17) is 27.6 Å². The second-order valence-corrected chi connectivity index (χ2v) is 7.06. The molecule has 0 saturated heterocycles. The van der Waals surface area contributed by atoms with Crippen LogP contribution in [-0.4, -0.2) is 24.5 Å². The summed E-state index contributed by atoms with van der Waals surface area (Å²) < 4.78 is 29.4. The van der Waals surface area contributed by atoms with Gasteiger partial charge in [0, 0.05) is 6.92 Å². The third-order valence-corrected chi connectivity index (χ3v) is 4.69. The van der Waals surface area contributed by atoms with Crippen molar-refractivity contribution in [2.45, 2.75) is 24.4 Å². The Hall–Kier alpha value is -1.64. The predicted octanol–water partition coefficient (Wildman–Crippen LogP) is 1.99. The summed E-state index contributed by atoms with van der Waals surface area (Å²) in [5, 5.41) is 9.56. The van der Waals surface area contributed by atoms with Gasteiger partial charge in [0.25, 0.3) is 0 Å². The number of nitrogens with zero attached hydrogens (tertiary/aromatic N) is 2. The molecule has 1 heterocycles. The highest BCUT2D eigenvalue weighted by molar-refractivity contribution is 7.90. The number of halogens is 2. The summed E-state index contributed by atoms with van der Waals surface area (Å²) in [6.45, 7) is 1.28. The van der Waals surface area contributed by atoms with Gasteiger partial charge in [0.2, 0.25) is 21.6 Å². The number of carbonyl (C=O) groups excluding carboxylic acids is 1. The Labute approximate surface area is 136 Å². The fraction of sp³-hybridized carbons (Fsp3) is 0.250. The van der Waals surface area contributed by atoms with Crippen LogP contribution in [0.5, 0.6) is 0 Å². The van der Waals surface area contributed by atoms with Crippen molar-refractivity contribution < 1.29 is 17.6 Å². The molecule has 1 aromatic carbocycles. The summed E-state index contributed by atoms with van der Waals surface area (Å²) in [4.78, 5) is 10.8. The molecule has 1 N–H and O–H groups in total. The molecule has 2 rings (SSSR count). The van der Waals surface area contributed by atoms with Crippen LogP contribution in [0.25, 0.3) is 0 Å². The number of amides is 1. The van der Waals surface area contributed by atoms with Crippen molar-refractivity contribution in [2.75, 3.05) is 0 Å². The highest BCUT2D eigenvalue weighted by Gasteiger charge is 2.23. The minimum absolute atomic E-state index is 0.00270. The SMILES string of the molecule is CC(=O)NCc1nnc(S(=O)(=O)Cc2ccc(Cl)c(Cl)c2)o1. The lowest BCUT2D eigenvalue weighted by molar-refractivity contribution is -0.119. The Kier molecular flexibility index (Phi) is 5.05. The van der Waals surface area contributed by atoms with Crippen LogP contribution >= 0.6 is 23.2 Å². The van der Waals surface area contributed by atoms with Gasteiger partial charge in [-0.2, -0.15) is 0 Å². The quantitative estimate of drug-likeness (QED) is 0.871. The van der Waals surface area contributed by atoms with Crippen LogP contribution in [-0.2, 0) is 26.9 Å². The molecule has 0 saturated carbocycles. The van der Waals surface area contributed by atoms with Crippen LogP contribution in [0.4, 0.5) is 0 Å². The van der Waals surface area contributed by atoms with Gasteiger partial charge in [-0.15, -0.1) is 5.10 Å². The number of benzene rings is 1. The first-order valence-electron chi connectivity index (χ1n) is 6.01. The standard InChI is InChI=1S/C12H11Cl2N3O4S/c1-7(18)15-5-11-16-17-12(21-11)22(19,20)6-8-2-3-9(13)10(14)4-8/h2-4H,5-6H2,1H3,(H,15,18). The van der Waals surface area contributed by atoms with Crippen molar-refractivity contribution in [3.05, 3.63) is 39.7 Å². The smallest absolute Gasteiger partial charge is 0.335 e. The van der Waals surface area contributed by atoms with E-state index in [0.29, 0.717) is 10.6 Å². The summed E-state index contributed by atoms with van der Waals surface area (Å²) in [6, 6.07) is 4.50. The molecule has 0 atom stereocenters. The number of carbonyl (C=O) groups is 1. The van der Waals surface area contributed by atoms with Gasteiger partial charge in [-0.1, -0.05) is 34.4 Å². The average molecular weight is 364 g/mol. The zero-order valence-corrected chi connectivity index (χ0v) is 13.7. The van der Waals surface area contributed by atoms with E-state index in [0.717, 1.165) is 0 Å². The first-order chi connectivity index (χ1) is 10.3. The highest BCUT2D eigenvalue weighted by Crippen LogP contribution is 2.24. The third kappa shape index (κ3) is 4.19. The molecule has 1 amide bonds. The van der Waals surface area contributed by atoms with Crippen LogP contribution in [0.1, 0.15) is 18.4 Å². The predicted molar refractivity (Wildman–Crippen MR) is 79.2 cm³/mol. The van der Waals surface area contributed by atoms with Crippen molar-refractivity contribution in [2.24, 2.45) is 0 Å². The van der Waals surface area contributed by atoms with E-state index in [2.05, 4.69) is 15.5 Å². The molecule has 22 heavy (non-hydrogen) atoms. The molecular weight excluding hydrogens is 353 g/mol. The molecule has 0 spiro atoms. The maximum Gasteiger partial charge on any atom is 0.335 e. The average Bonchev–Trinajstić information content (AvgIpc) is 2.90. The Morgan fingerprint density at radius 2 is 2.00 bits per heavy atom. The van der Waals surface area contributed by atoms with Crippen molar-refractivity contribution in [3.8, 4) is 0 Å². The Morgan fingerprint density at radius 3 is 2.64 bits per heavy atom. The molecule has 10 heteroatoms. The van der Waals surface area contributed by atoms with Gasteiger partial charge in [-0.05, 0) is 17.7 Å². The van der Waals surface area contributed by atoms with Crippen LogP contribution < -0.4 is 5.32 Å². The zero-order valence-electron chi connectivity index (χ0n) is 11.3. The lowest BCUT2D eigenvalue weighted by Crippen LogP contribution is -2.19. The van der Waals surface area contributed by atoms with Crippen LogP contribution in [0, 0.1) is 0 Å². The van der Waals surface area contributed by atoms with Gasteiger partial charge in [0.1, 0.15) is 0 Å². The molecule has 0 aliphatic carbocycles. The zero-order chi connectivity index (χ0) is 16.3. The normalized spacial score (nSPS) is 11.4. The van der Waals surface area contributed by atoms with Crippen LogP contribution in [0.15, 0.2) is 27.8 Å². The summed E-state index contributed by atoms with van der Waals surface area (Å²) in [5.41, 5.74) is 0.441. The van der Waals surface area contributed by atoms with Crippen LogP contribution in [0.3, 0.4) is 0 Å². The van der Waals surface area contributed by atoms with E-state index >= 15 is 0 Å². The number of hydrogen-bond donors (Lipinski definition) is 1. The second kappa shape index (κ2) is 6.64. The van der Waals surface area contributed by atoms with E-state index < -0.39 is 15.1 Å². The number of rotatable bonds is 5. The first-order valence-corrected chi connectivity index (χ1v) is 8.42.